The SMILES string of the molecule is [2H]c1ccc2c3cc(-c4ccc5c(c4)C(C)(C)c4cc(N(c6ccccc6)c6ccccc6)ccc4-5)c([2H])cc3n(-c3ccc4c(c3)C(C)(C)c3ccccc3-4)c2c1. The first-order valence-electron chi connectivity index (χ1n) is 20.6. The molecule has 268 valence electrons. The average molecular weight is 721 g/mol. The van der Waals surface area contributed by atoms with Gasteiger partial charge in [0.1, 0.15) is 0 Å². The topological polar surface area (TPSA) is 8.17 Å². The van der Waals surface area contributed by atoms with Gasteiger partial charge in [-0.2, -0.15) is 0 Å². The zero-order valence-electron chi connectivity index (χ0n) is 34.1. The van der Waals surface area contributed by atoms with Crippen molar-refractivity contribution in [3.05, 3.63) is 204 Å². The Morgan fingerprint density at radius 1 is 0.429 bits per heavy atom. The molecule has 0 fully saturated rings. The van der Waals surface area contributed by atoms with Gasteiger partial charge in [-0.05, 0) is 128 Å². The van der Waals surface area contributed by atoms with Crippen molar-refractivity contribution < 1.29 is 2.74 Å². The van der Waals surface area contributed by atoms with Crippen molar-refractivity contribution in [3.63, 3.8) is 0 Å². The predicted octanol–water partition coefficient (Wildman–Crippen LogP) is 14.5. The lowest BCUT2D eigenvalue weighted by atomic mass is 9.81. The molecule has 0 N–H and O–H groups in total. The van der Waals surface area contributed by atoms with Gasteiger partial charge in [-0.1, -0.05) is 137 Å². The van der Waals surface area contributed by atoms with E-state index in [9.17, 15) is 1.37 Å². The Kier molecular flexibility index (Phi) is 6.53. The third-order valence-electron chi connectivity index (χ3n) is 12.6. The molecule has 11 rings (SSSR count). The fourth-order valence-corrected chi connectivity index (χ4v) is 9.76. The van der Waals surface area contributed by atoms with Gasteiger partial charge in [-0.3, -0.25) is 0 Å². The van der Waals surface area contributed by atoms with Gasteiger partial charge in [0.2, 0.25) is 0 Å². The van der Waals surface area contributed by atoms with Crippen LogP contribution in [0.3, 0.4) is 0 Å². The largest absolute Gasteiger partial charge is 0.310 e. The monoisotopic (exact) mass is 720 g/mol. The minimum Gasteiger partial charge on any atom is -0.310 e. The lowest BCUT2D eigenvalue weighted by Gasteiger charge is -2.28. The molecule has 0 saturated heterocycles. The van der Waals surface area contributed by atoms with Crippen LogP contribution in [-0.4, -0.2) is 4.57 Å². The van der Waals surface area contributed by atoms with E-state index in [0.29, 0.717) is 12.1 Å². The van der Waals surface area contributed by atoms with E-state index in [1.807, 2.05) is 18.2 Å². The minimum absolute atomic E-state index is 0.138. The molecule has 9 aromatic rings. The van der Waals surface area contributed by atoms with Crippen LogP contribution in [-0.2, 0) is 10.8 Å². The highest BCUT2D eigenvalue weighted by Gasteiger charge is 2.37. The summed E-state index contributed by atoms with van der Waals surface area (Å²) in [6.45, 7) is 9.27. The smallest absolute Gasteiger partial charge is 0.0630 e. The van der Waals surface area contributed by atoms with Crippen molar-refractivity contribution in [3.8, 4) is 39.1 Å². The average Bonchev–Trinajstić information content (AvgIpc) is 3.76. The number of rotatable bonds is 5. The molecule has 2 aliphatic rings. The number of para-hydroxylation sites is 3. The summed E-state index contributed by atoms with van der Waals surface area (Å²) in [5.74, 6) is 0. The van der Waals surface area contributed by atoms with Crippen LogP contribution in [0.25, 0.3) is 60.9 Å². The third-order valence-corrected chi connectivity index (χ3v) is 12.6. The second-order valence-electron chi connectivity index (χ2n) is 16.4. The van der Waals surface area contributed by atoms with Gasteiger partial charge in [0, 0.05) is 44.4 Å². The summed E-state index contributed by atoms with van der Waals surface area (Å²) in [6.07, 6.45) is 0. The van der Waals surface area contributed by atoms with Crippen molar-refractivity contribution in [2.75, 3.05) is 4.90 Å². The zero-order valence-corrected chi connectivity index (χ0v) is 32.1. The summed E-state index contributed by atoms with van der Waals surface area (Å²) in [5, 5.41) is 2.16. The van der Waals surface area contributed by atoms with E-state index in [-0.39, 0.29) is 10.8 Å². The molecule has 0 spiro atoms. The highest BCUT2D eigenvalue weighted by atomic mass is 15.1. The summed E-state index contributed by atoms with van der Waals surface area (Å²) in [6, 6.07) is 61.4. The first-order valence-corrected chi connectivity index (χ1v) is 19.6. The molecule has 2 heteroatoms. The molecule has 1 heterocycles. The van der Waals surface area contributed by atoms with Gasteiger partial charge in [0.15, 0.2) is 0 Å². The van der Waals surface area contributed by atoms with E-state index < -0.39 is 0 Å². The summed E-state index contributed by atoms with van der Waals surface area (Å²) in [4.78, 5) is 2.33. The highest BCUT2D eigenvalue weighted by molar-refractivity contribution is 6.10. The Morgan fingerprint density at radius 2 is 1.02 bits per heavy atom. The molecule has 8 aromatic carbocycles. The van der Waals surface area contributed by atoms with Gasteiger partial charge >= 0.3 is 0 Å². The molecule has 56 heavy (non-hydrogen) atoms. The number of nitrogens with zero attached hydrogens (tertiary/aromatic N) is 2. The van der Waals surface area contributed by atoms with Crippen molar-refractivity contribution in [2.45, 2.75) is 38.5 Å². The second kappa shape index (κ2) is 11.9. The number of hydrogen-bond acceptors (Lipinski definition) is 1. The molecule has 0 aliphatic heterocycles. The molecule has 0 saturated carbocycles. The second-order valence-corrected chi connectivity index (χ2v) is 16.4. The van der Waals surface area contributed by atoms with Crippen molar-refractivity contribution in [1.82, 2.24) is 4.57 Å². The lowest BCUT2D eigenvalue weighted by molar-refractivity contribution is 0.660. The van der Waals surface area contributed by atoms with Gasteiger partial charge < -0.3 is 9.47 Å². The molecule has 0 atom stereocenters. The quantitative estimate of drug-likeness (QED) is 0.172. The highest BCUT2D eigenvalue weighted by Crippen LogP contribution is 2.52. The fourth-order valence-electron chi connectivity index (χ4n) is 9.76. The van der Waals surface area contributed by atoms with E-state index in [2.05, 4.69) is 189 Å². The molecule has 1 aromatic heterocycles. The normalized spacial score (nSPS) is 14.9. The van der Waals surface area contributed by atoms with Crippen LogP contribution in [0.15, 0.2) is 182 Å². The van der Waals surface area contributed by atoms with Crippen LogP contribution in [0.5, 0.6) is 0 Å². The molecule has 0 unspecified atom stereocenters. The minimum atomic E-state index is -0.260. The summed E-state index contributed by atoms with van der Waals surface area (Å²) < 4.78 is 20.4. The Morgan fingerprint density at radius 3 is 1.77 bits per heavy atom. The van der Waals surface area contributed by atoms with Crippen LogP contribution in [0.2, 0.25) is 0 Å². The van der Waals surface area contributed by atoms with Gasteiger partial charge in [0.25, 0.3) is 0 Å². The van der Waals surface area contributed by atoms with Gasteiger partial charge in [-0.25, -0.2) is 0 Å². The standard InChI is InChI=1S/C54H42N2/c1-53(2)47-21-13-11-19-41(47)43-29-26-40(34-49(43)53)56-51-22-14-12-20-45(51)46-31-35(24-30-52(46)56)36-23-27-42-44-28-25-39(33-50(44)54(3,4)48(42)32-36)55(37-15-7-5-8-16-37)38-17-9-6-10-18-38/h5-34H,1-4H3/i14D,24D. The van der Waals surface area contributed by atoms with Crippen LogP contribution in [0.4, 0.5) is 17.1 Å². The maximum absolute atomic E-state index is 9.55. The van der Waals surface area contributed by atoms with Crippen molar-refractivity contribution >= 4 is 38.9 Å². The number of anilines is 3. The van der Waals surface area contributed by atoms with Crippen LogP contribution in [0.1, 0.15) is 52.7 Å². The number of benzene rings is 8. The Balaban J connectivity index is 1.02. The van der Waals surface area contributed by atoms with Crippen molar-refractivity contribution in [2.24, 2.45) is 0 Å². The maximum atomic E-state index is 9.55. The molecule has 0 radical (unpaired) electrons. The Bertz CT molecular complexity index is 3100. The fraction of sp³-hybridized carbons (Fsp3) is 0.111. The van der Waals surface area contributed by atoms with Crippen molar-refractivity contribution in [1.29, 1.82) is 0 Å². The van der Waals surface area contributed by atoms with E-state index in [4.69, 9.17) is 1.37 Å². The van der Waals surface area contributed by atoms with Crippen LogP contribution >= 0.6 is 0 Å². The lowest BCUT2D eigenvalue weighted by Crippen LogP contribution is -2.16. The summed E-state index contributed by atoms with van der Waals surface area (Å²) in [7, 11) is 0. The first-order chi connectivity index (χ1) is 28.1. The molecular formula is C54H42N2. The van der Waals surface area contributed by atoms with E-state index in [1.54, 1.807) is 0 Å². The molecule has 2 nitrogen and oxygen atoms in total. The Labute approximate surface area is 331 Å². The maximum Gasteiger partial charge on any atom is 0.0630 e. The summed E-state index contributed by atoms with van der Waals surface area (Å²) >= 11 is 0. The van der Waals surface area contributed by atoms with Crippen LogP contribution < -0.4 is 4.90 Å². The zero-order chi connectivity index (χ0) is 39.5. The number of fused-ring (bicyclic) bond motifs is 9. The third kappa shape index (κ3) is 4.69. The molecule has 2 aliphatic carbocycles. The van der Waals surface area contributed by atoms with Crippen LogP contribution in [0, 0.1) is 0 Å². The van der Waals surface area contributed by atoms with Gasteiger partial charge in [0.05, 0.1) is 13.8 Å². The Hall–Kier alpha value is -6.64. The van der Waals surface area contributed by atoms with E-state index in [1.165, 1.54) is 44.5 Å². The summed E-state index contributed by atoms with van der Waals surface area (Å²) in [5.41, 5.74) is 18.2. The molecule has 0 amide bonds. The van der Waals surface area contributed by atoms with Gasteiger partial charge in [-0.15, -0.1) is 0 Å². The first kappa shape index (κ1) is 30.7. The predicted molar refractivity (Wildman–Crippen MR) is 236 cm³/mol. The van der Waals surface area contributed by atoms with E-state index in [0.717, 1.165) is 55.7 Å². The molecular weight excluding hydrogens is 677 g/mol. The number of hydrogen-bond donors (Lipinski definition) is 0. The number of aromatic nitrogens is 1. The van der Waals surface area contributed by atoms with E-state index >= 15 is 0 Å². The molecule has 0 bridgehead atoms.